The van der Waals surface area contributed by atoms with Gasteiger partial charge in [0.25, 0.3) is 0 Å². The molecule has 19 heavy (non-hydrogen) atoms. The molecule has 1 aromatic rings. The standard InChI is InChI=1S/C13H20F3N3/c1-3-6-19(9-13(14,15)16)12-5-4-11(8-18-12)7-10(2)17/h4-5,8,10H,3,6-7,9,17H2,1-2H3. The van der Waals surface area contributed by atoms with Crippen molar-refractivity contribution in [1.29, 1.82) is 0 Å². The maximum Gasteiger partial charge on any atom is 0.405 e. The molecule has 0 fully saturated rings. The summed E-state index contributed by atoms with van der Waals surface area (Å²) in [4.78, 5) is 5.35. The van der Waals surface area contributed by atoms with Crippen molar-refractivity contribution in [1.82, 2.24) is 4.98 Å². The van der Waals surface area contributed by atoms with Gasteiger partial charge >= 0.3 is 6.18 Å². The van der Waals surface area contributed by atoms with Crippen LogP contribution in [0.15, 0.2) is 18.3 Å². The van der Waals surface area contributed by atoms with Gasteiger partial charge in [0.1, 0.15) is 12.4 Å². The first-order valence-electron chi connectivity index (χ1n) is 6.34. The maximum absolute atomic E-state index is 12.5. The Kier molecular flexibility index (Phi) is 5.60. The van der Waals surface area contributed by atoms with E-state index in [0.29, 0.717) is 25.2 Å². The SMILES string of the molecule is CCCN(CC(F)(F)F)c1ccc(CC(C)N)cn1. The van der Waals surface area contributed by atoms with Gasteiger partial charge < -0.3 is 10.6 Å². The maximum atomic E-state index is 12.5. The highest BCUT2D eigenvalue weighted by Gasteiger charge is 2.31. The Morgan fingerprint density at radius 2 is 2.05 bits per heavy atom. The van der Waals surface area contributed by atoms with E-state index in [4.69, 9.17) is 5.73 Å². The van der Waals surface area contributed by atoms with Crippen molar-refractivity contribution in [2.24, 2.45) is 5.73 Å². The molecule has 1 heterocycles. The van der Waals surface area contributed by atoms with Crippen molar-refractivity contribution < 1.29 is 13.2 Å². The molecule has 2 N–H and O–H groups in total. The van der Waals surface area contributed by atoms with Crippen LogP contribution in [0.5, 0.6) is 0 Å². The van der Waals surface area contributed by atoms with E-state index in [-0.39, 0.29) is 6.04 Å². The van der Waals surface area contributed by atoms with Gasteiger partial charge in [0.2, 0.25) is 0 Å². The first-order valence-corrected chi connectivity index (χ1v) is 6.34. The lowest BCUT2D eigenvalue weighted by Crippen LogP contribution is -2.35. The van der Waals surface area contributed by atoms with Gasteiger partial charge in [0.05, 0.1) is 0 Å². The van der Waals surface area contributed by atoms with Crippen molar-refractivity contribution in [3.8, 4) is 0 Å². The van der Waals surface area contributed by atoms with Crippen LogP contribution < -0.4 is 10.6 Å². The fourth-order valence-corrected chi connectivity index (χ4v) is 1.86. The highest BCUT2D eigenvalue weighted by atomic mass is 19.4. The van der Waals surface area contributed by atoms with Crippen molar-refractivity contribution in [2.75, 3.05) is 18.0 Å². The van der Waals surface area contributed by atoms with Crippen molar-refractivity contribution >= 4 is 5.82 Å². The summed E-state index contributed by atoms with van der Waals surface area (Å²) in [5.41, 5.74) is 6.60. The third kappa shape index (κ3) is 5.92. The van der Waals surface area contributed by atoms with Crippen LogP contribution >= 0.6 is 0 Å². The number of pyridine rings is 1. The largest absolute Gasteiger partial charge is 0.405 e. The molecule has 0 aliphatic heterocycles. The monoisotopic (exact) mass is 275 g/mol. The zero-order valence-corrected chi connectivity index (χ0v) is 11.2. The topological polar surface area (TPSA) is 42.1 Å². The van der Waals surface area contributed by atoms with Gasteiger partial charge in [-0.05, 0) is 31.4 Å². The first-order chi connectivity index (χ1) is 8.81. The summed E-state index contributed by atoms with van der Waals surface area (Å²) in [6, 6.07) is 3.42. The van der Waals surface area contributed by atoms with Crippen molar-refractivity contribution in [2.45, 2.75) is 38.9 Å². The average Bonchev–Trinajstić information content (AvgIpc) is 2.27. The Bertz CT molecular complexity index is 374. The van der Waals surface area contributed by atoms with E-state index in [2.05, 4.69) is 4.98 Å². The second kappa shape index (κ2) is 6.75. The summed E-state index contributed by atoms with van der Waals surface area (Å²) in [6.45, 7) is 3.08. The van der Waals surface area contributed by atoms with Crippen LogP contribution in [0.4, 0.5) is 19.0 Å². The molecule has 1 rings (SSSR count). The molecule has 1 atom stereocenters. The highest BCUT2D eigenvalue weighted by Crippen LogP contribution is 2.21. The van der Waals surface area contributed by atoms with Gasteiger partial charge in [0.15, 0.2) is 0 Å². The minimum Gasteiger partial charge on any atom is -0.348 e. The van der Waals surface area contributed by atoms with Crippen LogP contribution in [0.1, 0.15) is 25.8 Å². The molecular formula is C13H20F3N3. The van der Waals surface area contributed by atoms with E-state index in [1.807, 2.05) is 13.8 Å². The van der Waals surface area contributed by atoms with Gasteiger partial charge in [-0.2, -0.15) is 13.2 Å². The molecule has 1 unspecified atom stereocenters. The molecule has 0 saturated carbocycles. The molecule has 0 saturated heterocycles. The average molecular weight is 275 g/mol. The van der Waals surface area contributed by atoms with E-state index in [1.165, 1.54) is 4.90 Å². The Balaban J connectivity index is 2.79. The number of nitrogens with zero attached hydrogens (tertiary/aromatic N) is 2. The van der Waals surface area contributed by atoms with E-state index in [9.17, 15) is 13.2 Å². The molecular weight excluding hydrogens is 255 g/mol. The molecule has 108 valence electrons. The summed E-state index contributed by atoms with van der Waals surface area (Å²) in [5, 5.41) is 0. The van der Waals surface area contributed by atoms with Crippen molar-refractivity contribution in [3.05, 3.63) is 23.9 Å². The molecule has 0 bridgehead atoms. The summed E-state index contributed by atoms with van der Waals surface area (Å²) >= 11 is 0. The predicted octanol–water partition coefficient (Wildman–Crippen LogP) is 2.75. The molecule has 0 radical (unpaired) electrons. The number of hydrogen-bond donors (Lipinski definition) is 1. The summed E-state index contributed by atoms with van der Waals surface area (Å²) in [5.74, 6) is 0.354. The molecule has 0 aliphatic rings. The van der Waals surface area contributed by atoms with Crippen LogP contribution in [0.2, 0.25) is 0 Å². The molecule has 0 spiro atoms. The molecule has 3 nitrogen and oxygen atoms in total. The van der Waals surface area contributed by atoms with E-state index in [1.54, 1.807) is 18.3 Å². The number of halogens is 3. The minimum absolute atomic E-state index is 0.00886. The number of hydrogen-bond acceptors (Lipinski definition) is 3. The molecule has 0 aromatic carbocycles. The summed E-state index contributed by atoms with van der Waals surface area (Å²) in [7, 11) is 0. The molecule has 0 aliphatic carbocycles. The van der Waals surface area contributed by atoms with Gasteiger partial charge in [0, 0.05) is 18.8 Å². The van der Waals surface area contributed by atoms with Gasteiger partial charge in [-0.1, -0.05) is 13.0 Å². The fraction of sp³-hybridized carbons (Fsp3) is 0.615. The quantitative estimate of drug-likeness (QED) is 0.868. The van der Waals surface area contributed by atoms with E-state index in [0.717, 1.165) is 5.56 Å². The Labute approximate surface area is 111 Å². The zero-order valence-electron chi connectivity index (χ0n) is 11.2. The second-order valence-electron chi connectivity index (χ2n) is 4.74. The Hall–Kier alpha value is -1.30. The lowest BCUT2D eigenvalue weighted by Gasteiger charge is -2.24. The van der Waals surface area contributed by atoms with Gasteiger partial charge in [-0.3, -0.25) is 0 Å². The highest BCUT2D eigenvalue weighted by molar-refractivity contribution is 5.39. The van der Waals surface area contributed by atoms with E-state index >= 15 is 0 Å². The number of rotatable bonds is 6. The Morgan fingerprint density at radius 1 is 1.37 bits per heavy atom. The van der Waals surface area contributed by atoms with Crippen molar-refractivity contribution in [3.63, 3.8) is 0 Å². The smallest absolute Gasteiger partial charge is 0.348 e. The zero-order chi connectivity index (χ0) is 14.5. The number of anilines is 1. The van der Waals surface area contributed by atoms with Crippen LogP contribution in [0.3, 0.4) is 0 Å². The van der Waals surface area contributed by atoms with Crippen LogP contribution in [-0.2, 0) is 6.42 Å². The third-order valence-electron chi connectivity index (χ3n) is 2.55. The lowest BCUT2D eigenvalue weighted by atomic mass is 10.1. The number of nitrogens with two attached hydrogens (primary N) is 1. The fourth-order valence-electron chi connectivity index (χ4n) is 1.86. The summed E-state index contributed by atoms with van der Waals surface area (Å²) in [6.07, 6.45) is -1.32. The van der Waals surface area contributed by atoms with Gasteiger partial charge in [-0.15, -0.1) is 0 Å². The van der Waals surface area contributed by atoms with Crippen LogP contribution in [0.25, 0.3) is 0 Å². The van der Waals surface area contributed by atoms with Gasteiger partial charge in [-0.25, -0.2) is 4.98 Å². The normalized spacial score (nSPS) is 13.4. The lowest BCUT2D eigenvalue weighted by molar-refractivity contribution is -0.119. The molecule has 6 heteroatoms. The second-order valence-corrected chi connectivity index (χ2v) is 4.74. The van der Waals surface area contributed by atoms with Crippen LogP contribution in [-0.4, -0.2) is 30.3 Å². The summed E-state index contributed by atoms with van der Waals surface area (Å²) < 4.78 is 37.4. The minimum atomic E-state index is -4.22. The third-order valence-corrected chi connectivity index (χ3v) is 2.55. The molecule has 0 amide bonds. The predicted molar refractivity (Wildman–Crippen MR) is 70.1 cm³/mol. The molecule has 1 aromatic heterocycles. The van der Waals surface area contributed by atoms with Crippen LogP contribution in [0, 0.1) is 0 Å². The van der Waals surface area contributed by atoms with E-state index < -0.39 is 12.7 Å². The first kappa shape index (κ1) is 15.8. The Morgan fingerprint density at radius 3 is 2.47 bits per heavy atom. The number of aromatic nitrogens is 1. The number of alkyl halides is 3.